The molecule has 0 radical (unpaired) electrons. The van der Waals surface area contributed by atoms with Crippen molar-refractivity contribution in [1.29, 1.82) is 0 Å². The fourth-order valence-electron chi connectivity index (χ4n) is 1.60. The number of imidazole rings is 1. The van der Waals surface area contributed by atoms with E-state index in [1.165, 1.54) is 0 Å². The first-order chi connectivity index (χ1) is 8.04. The molecule has 0 aliphatic carbocycles. The van der Waals surface area contributed by atoms with E-state index in [9.17, 15) is 8.42 Å². The summed E-state index contributed by atoms with van der Waals surface area (Å²) in [6.07, 6.45) is 5.52. The minimum Gasteiger partial charge on any atom is -0.236 e. The predicted molar refractivity (Wildman–Crippen MR) is 63.9 cm³/mol. The van der Waals surface area contributed by atoms with Crippen molar-refractivity contribution in [3.8, 4) is 0 Å². The standard InChI is InChI=1S/C10H14N4O2S/c11-17(15,16)8-2-1-3-9-4-5-10-12-6-7-14(10)13-9/h4-7H,1-3,8H2,(H2,11,15,16). The molecule has 0 saturated heterocycles. The van der Waals surface area contributed by atoms with Crippen molar-refractivity contribution >= 4 is 15.7 Å². The number of aryl methyl sites for hydroxylation is 1. The minimum absolute atomic E-state index is 0.0281. The van der Waals surface area contributed by atoms with E-state index in [0.717, 1.165) is 24.2 Å². The maximum absolute atomic E-state index is 10.7. The van der Waals surface area contributed by atoms with Gasteiger partial charge in [0.15, 0.2) is 5.65 Å². The number of aromatic nitrogens is 3. The first kappa shape index (κ1) is 12.0. The van der Waals surface area contributed by atoms with E-state index in [1.807, 2.05) is 12.1 Å². The summed E-state index contributed by atoms with van der Waals surface area (Å²) in [5.74, 6) is 0.0281. The molecule has 0 amide bonds. The van der Waals surface area contributed by atoms with Crippen LogP contribution in [0, 0.1) is 0 Å². The highest BCUT2D eigenvalue weighted by atomic mass is 32.2. The van der Waals surface area contributed by atoms with E-state index in [1.54, 1.807) is 16.9 Å². The maximum atomic E-state index is 10.7. The number of primary sulfonamides is 1. The molecule has 0 spiro atoms. The third-order valence-corrected chi connectivity index (χ3v) is 3.28. The van der Waals surface area contributed by atoms with Crippen LogP contribution in [0.25, 0.3) is 5.65 Å². The molecular formula is C10H14N4O2S. The summed E-state index contributed by atoms with van der Waals surface area (Å²) >= 11 is 0. The van der Waals surface area contributed by atoms with Crippen LogP contribution in [0.1, 0.15) is 18.5 Å². The molecule has 0 unspecified atom stereocenters. The lowest BCUT2D eigenvalue weighted by atomic mass is 10.2. The maximum Gasteiger partial charge on any atom is 0.209 e. The van der Waals surface area contributed by atoms with E-state index in [2.05, 4.69) is 10.1 Å². The minimum atomic E-state index is -3.34. The fourth-order valence-corrected chi connectivity index (χ4v) is 2.20. The number of rotatable bonds is 5. The van der Waals surface area contributed by atoms with Crippen molar-refractivity contribution < 1.29 is 8.42 Å². The third-order valence-electron chi connectivity index (χ3n) is 2.42. The molecule has 2 N–H and O–H groups in total. The second kappa shape index (κ2) is 4.80. The number of sulfonamides is 1. The summed E-state index contributed by atoms with van der Waals surface area (Å²) in [4.78, 5) is 4.09. The lowest BCUT2D eigenvalue weighted by Crippen LogP contribution is -2.16. The van der Waals surface area contributed by atoms with Crippen molar-refractivity contribution in [2.45, 2.75) is 19.3 Å². The van der Waals surface area contributed by atoms with E-state index in [-0.39, 0.29) is 5.75 Å². The highest BCUT2D eigenvalue weighted by Crippen LogP contribution is 2.05. The molecule has 0 aliphatic heterocycles. The third kappa shape index (κ3) is 3.50. The van der Waals surface area contributed by atoms with Crippen molar-refractivity contribution in [3.63, 3.8) is 0 Å². The molecule has 2 heterocycles. The van der Waals surface area contributed by atoms with Gasteiger partial charge in [-0.1, -0.05) is 0 Å². The predicted octanol–water partition coefficient (Wildman–Crippen LogP) is 0.340. The SMILES string of the molecule is NS(=O)(=O)CCCCc1ccc2nccn2n1. The number of fused-ring (bicyclic) bond motifs is 1. The van der Waals surface area contributed by atoms with Gasteiger partial charge in [0.05, 0.1) is 11.4 Å². The van der Waals surface area contributed by atoms with E-state index < -0.39 is 10.0 Å². The summed E-state index contributed by atoms with van der Waals surface area (Å²) in [5.41, 5.74) is 1.73. The Labute approximate surface area is 99.5 Å². The van der Waals surface area contributed by atoms with Gasteiger partial charge in [-0.25, -0.2) is 23.1 Å². The highest BCUT2D eigenvalue weighted by molar-refractivity contribution is 7.89. The van der Waals surface area contributed by atoms with Crippen molar-refractivity contribution in [2.75, 3.05) is 5.75 Å². The Hall–Kier alpha value is -1.47. The number of nitrogens with two attached hydrogens (primary N) is 1. The van der Waals surface area contributed by atoms with Crippen LogP contribution in [0.4, 0.5) is 0 Å². The fraction of sp³-hybridized carbons (Fsp3) is 0.400. The van der Waals surface area contributed by atoms with Crippen molar-refractivity contribution in [3.05, 3.63) is 30.2 Å². The van der Waals surface area contributed by atoms with Crippen LogP contribution in [-0.4, -0.2) is 28.8 Å². The first-order valence-corrected chi connectivity index (χ1v) is 7.06. The number of hydrogen-bond donors (Lipinski definition) is 1. The lowest BCUT2D eigenvalue weighted by Gasteiger charge is -2.01. The van der Waals surface area contributed by atoms with Gasteiger partial charge in [-0.05, 0) is 31.4 Å². The zero-order valence-electron chi connectivity index (χ0n) is 9.28. The van der Waals surface area contributed by atoms with Crippen LogP contribution < -0.4 is 5.14 Å². The molecular weight excluding hydrogens is 240 g/mol. The molecule has 7 heteroatoms. The average Bonchev–Trinajstić information content (AvgIpc) is 2.70. The van der Waals surface area contributed by atoms with Crippen LogP contribution in [0.5, 0.6) is 0 Å². The Kier molecular flexibility index (Phi) is 3.39. The first-order valence-electron chi connectivity index (χ1n) is 5.34. The van der Waals surface area contributed by atoms with Crippen molar-refractivity contribution in [2.24, 2.45) is 5.14 Å². The zero-order valence-corrected chi connectivity index (χ0v) is 10.1. The Bertz CT molecular complexity index is 606. The van der Waals surface area contributed by atoms with Crippen LogP contribution in [-0.2, 0) is 16.4 Å². The van der Waals surface area contributed by atoms with Gasteiger partial charge in [0.2, 0.25) is 10.0 Å². The van der Waals surface area contributed by atoms with Crippen LogP contribution in [0.3, 0.4) is 0 Å². The summed E-state index contributed by atoms with van der Waals surface area (Å²) in [7, 11) is -3.34. The molecule has 0 aliphatic rings. The molecule has 6 nitrogen and oxygen atoms in total. The van der Waals surface area contributed by atoms with Crippen molar-refractivity contribution in [1.82, 2.24) is 14.6 Å². The lowest BCUT2D eigenvalue weighted by molar-refractivity contribution is 0.592. The van der Waals surface area contributed by atoms with Gasteiger partial charge in [0.1, 0.15) is 0 Å². The Morgan fingerprint density at radius 2 is 2.12 bits per heavy atom. The monoisotopic (exact) mass is 254 g/mol. The number of unbranched alkanes of at least 4 members (excludes halogenated alkanes) is 1. The van der Waals surface area contributed by atoms with E-state index in [4.69, 9.17) is 5.14 Å². The van der Waals surface area contributed by atoms with Gasteiger partial charge in [-0.15, -0.1) is 0 Å². The normalized spacial score (nSPS) is 12.1. The molecule has 0 atom stereocenters. The molecule has 0 aromatic carbocycles. The van der Waals surface area contributed by atoms with Crippen LogP contribution in [0.15, 0.2) is 24.5 Å². The summed E-state index contributed by atoms with van der Waals surface area (Å²) in [5, 5.41) is 9.26. The van der Waals surface area contributed by atoms with Gasteiger partial charge in [-0.2, -0.15) is 5.10 Å². The van der Waals surface area contributed by atoms with Gasteiger partial charge >= 0.3 is 0 Å². The molecule has 17 heavy (non-hydrogen) atoms. The molecule has 2 aromatic heterocycles. The van der Waals surface area contributed by atoms with E-state index >= 15 is 0 Å². The Balaban J connectivity index is 1.90. The van der Waals surface area contributed by atoms with Gasteiger partial charge in [0, 0.05) is 12.4 Å². The molecule has 0 fully saturated rings. The molecule has 0 saturated carbocycles. The van der Waals surface area contributed by atoms with Crippen LogP contribution in [0.2, 0.25) is 0 Å². The van der Waals surface area contributed by atoms with E-state index in [0.29, 0.717) is 6.42 Å². The Morgan fingerprint density at radius 3 is 2.88 bits per heavy atom. The number of nitrogens with zero attached hydrogens (tertiary/aromatic N) is 3. The molecule has 2 rings (SSSR count). The van der Waals surface area contributed by atoms with Gasteiger partial charge in [0.25, 0.3) is 0 Å². The van der Waals surface area contributed by atoms with Gasteiger partial charge < -0.3 is 0 Å². The Morgan fingerprint density at radius 1 is 1.29 bits per heavy atom. The van der Waals surface area contributed by atoms with Crippen LogP contribution >= 0.6 is 0 Å². The zero-order chi connectivity index (χ0) is 12.3. The average molecular weight is 254 g/mol. The molecule has 0 bridgehead atoms. The second-order valence-electron chi connectivity index (χ2n) is 3.88. The largest absolute Gasteiger partial charge is 0.236 e. The highest BCUT2D eigenvalue weighted by Gasteiger charge is 2.03. The topological polar surface area (TPSA) is 90.4 Å². The summed E-state index contributed by atoms with van der Waals surface area (Å²) in [6, 6.07) is 3.79. The summed E-state index contributed by atoms with van der Waals surface area (Å²) < 4.78 is 23.2. The quantitative estimate of drug-likeness (QED) is 0.779. The summed E-state index contributed by atoms with van der Waals surface area (Å²) in [6.45, 7) is 0. The second-order valence-corrected chi connectivity index (χ2v) is 5.61. The molecule has 2 aromatic rings. The smallest absolute Gasteiger partial charge is 0.209 e. The molecule has 92 valence electrons. The number of hydrogen-bond acceptors (Lipinski definition) is 4. The van der Waals surface area contributed by atoms with Gasteiger partial charge in [-0.3, -0.25) is 0 Å².